The Kier molecular flexibility index (Phi) is 9.60. The molecule has 0 radical (unpaired) electrons. The summed E-state index contributed by atoms with van der Waals surface area (Å²) in [5, 5.41) is 3.34. The number of hydrogen-bond donors (Lipinski definition) is 1. The molecule has 2 heterocycles. The molecular formula is C18H32F6N2O2. The lowest BCUT2D eigenvalue weighted by molar-refractivity contribution is -0.308. The van der Waals surface area contributed by atoms with Crippen LogP contribution in [0.4, 0.5) is 31.1 Å². The van der Waals surface area contributed by atoms with Crippen molar-refractivity contribution in [3.05, 3.63) is 0 Å². The van der Waals surface area contributed by atoms with Gasteiger partial charge in [-0.05, 0) is 38.5 Å². The molecule has 2 fully saturated rings. The zero-order valence-electron chi connectivity index (χ0n) is 17.4. The number of rotatable bonds is 1. The Morgan fingerprint density at radius 2 is 1.39 bits per heavy atom. The quantitative estimate of drug-likeness (QED) is 0.566. The number of nitrogens with zero attached hydrogens (tertiary/aromatic N) is 1. The second-order valence-electron chi connectivity index (χ2n) is 7.25. The third-order valence-corrected chi connectivity index (χ3v) is 4.65. The molecule has 1 spiro atoms. The summed E-state index contributed by atoms with van der Waals surface area (Å²) in [7, 11) is 0. The zero-order chi connectivity index (χ0) is 22.4. The van der Waals surface area contributed by atoms with Crippen molar-refractivity contribution < 1.29 is 35.9 Å². The highest BCUT2D eigenvalue weighted by atomic mass is 19.4. The Bertz CT molecular complexity index is 469. The monoisotopic (exact) mass is 422 g/mol. The summed E-state index contributed by atoms with van der Waals surface area (Å²) < 4.78 is 78.4. The second-order valence-corrected chi connectivity index (χ2v) is 7.25. The van der Waals surface area contributed by atoms with Gasteiger partial charge < -0.3 is 15.0 Å². The molecule has 0 aromatic rings. The van der Waals surface area contributed by atoms with Crippen molar-refractivity contribution in [2.45, 2.75) is 84.8 Å². The summed E-state index contributed by atoms with van der Waals surface area (Å²) in [6.07, 6.45) is -15.2. The molecule has 2 saturated heterocycles. The molecule has 28 heavy (non-hydrogen) atoms. The molecule has 0 aromatic heterocycles. The van der Waals surface area contributed by atoms with E-state index in [4.69, 9.17) is 0 Å². The first-order chi connectivity index (χ1) is 12.7. The molecule has 1 N–H and O–H groups in total. The first-order valence-electron chi connectivity index (χ1n) is 9.58. The number of alkyl halides is 6. The van der Waals surface area contributed by atoms with Crippen molar-refractivity contribution in [2.24, 2.45) is 5.41 Å². The van der Waals surface area contributed by atoms with E-state index in [9.17, 15) is 31.1 Å². The van der Waals surface area contributed by atoms with Gasteiger partial charge >= 0.3 is 18.4 Å². The number of halogens is 6. The van der Waals surface area contributed by atoms with Crippen LogP contribution in [0.5, 0.6) is 0 Å². The van der Waals surface area contributed by atoms with Gasteiger partial charge in [0.05, 0.1) is 0 Å². The van der Waals surface area contributed by atoms with Crippen LogP contribution in [0.1, 0.15) is 60.8 Å². The number of carbonyl (C=O) groups excluding carboxylic acids is 1. The summed E-state index contributed by atoms with van der Waals surface area (Å²) in [5.41, 5.74) is -0.145. The van der Waals surface area contributed by atoms with Crippen LogP contribution in [0.3, 0.4) is 0 Å². The maximum Gasteiger partial charge on any atom is 0.434 e. The normalized spacial score (nSPS) is 20.8. The number of carbonyl (C=O) groups is 1. The first kappa shape index (κ1) is 26.8. The van der Waals surface area contributed by atoms with Gasteiger partial charge in [-0.2, -0.15) is 26.3 Å². The standard InChI is InChI=1S/C14H20F6N2O2.2C2H6/c1-11(2)7-12(8-21-11)3-5-22(6-4-12)10(23)24-9(13(15,16)17)14(18,19)20;2*1-2/h9,21H,3-8H2,1-2H3;2*1-2H3. The topological polar surface area (TPSA) is 41.6 Å². The lowest BCUT2D eigenvalue weighted by Gasteiger charge is -2.39. The maximum absolute atomic E-state index is 12.4. The molecule has 168 valence electrons. The molecule has 0 aromatic carbocycles. The Morgan fingerprint density at radius 3 is 1.71 bits per heavy atom. The van der Waals surface area contributed by atoms with E-state index in [1.165, 1.54) is 0 Å². The zero-order valence-corrected chi connectivity index (χ0v) is 17.4. The van der Waals surface area contributed by atoms with Crippen molar-refractivity contribution in [1.29, 1.82) is 0 Å². The van der Waals surface area contributed by atoms with Crippen molar-refractivity contribution in [3.8, 4) is 0 Å². The number of amides is 1. The molecule has 0 aliphatic carbocycles. The third-order valence-electron chi connectivity index (χ3n) is 4.65. The smallest absolute Gasteiger partial charge is 0.426 e. The van der Waals surface area contributed by atoms with Crippen LogP contribution < -0.4 is 5.32 Å². The average Bonchev–Trinajstić information content (AvgIpc) is 2.89. The van der Waals surface area contributed by atoms with Crippen LogP contribution in [-0.2, 0) is 4.74 Å². The fourth-order valence-electron chi connectivity index (χ4n) is 3.50. The van der Waals surface area contributed by atoms with Gasteiger partial charge in [-0.25, -0.2) is 4.79 Å². The van der Waals surface area contributed by atoms with E-state index >= 15 is 0 Å². The molecule has 2 aliphatic rings. The van der Waals surface area contributed by atoms with Gasteiger partial charge in [0.15, 0.2) is 0 Å². The summed E-state index contributed by atoms with van der Waals surface area (Å²) in [6, 6.07) is 0. The Hall–Kier alpha value is -1.19. The van der Waals surface area contributed by atoms with Crippen molar-refractivity contribution >= 4 is 6.09 Å². The SMILES string of the molecule is CC.CC.CC1(C)CC2(CCN(C(=O)OC(C(F)(F)F)C(F)(F)F)CC2)CN1. The van der Waals surface area contributed by atoms with Gasteiger partial charge in [-0.3, -0.25) is 0 Å². The van der Waals surface area contributed by atoms with Gasteiger partial charge in [0.2, 0.25) is 0 Å². The van der Waals surface area contributed by atoms with Crippen LogP contribution in [0, 0.1) is 5.41 Å². The molecular weight excluding hydrogens is 390 g/mol. The minimum absolute atomic E-state index is 0.0691. The fourth-order valence-corrected chi connectivity index (χ4v) is 3.50. The summed E-state index contributed by atoms with van der Waals surface area (Å²) in [4.78, 5) is 12.6. The molecule has 4 nitrogen and oxygen atoms in total. The number of ether oxygens (including phenoxy) is 1. The van der Waals surface area contributed by atoms with Gasteiger partial charge in [-0.1, -0.05) is 27.7 Å². The molecule has 2 aliphatic heterocycles. The van der Waals surface area contributed by atoms with Crippen LogP contribution >= 0.6 is 0 Å². The highest BCUT2D eigenvalue weighted by Crippen LogP contribution is 2.43. The first-order valence-corrected chi connectivity index (χ1v) is 9.58. The Balaban J connectivity index is 0.00000171. The summed E-state index contributed by atoms with van der Waals surface area (Å²) >= 11 is 0. The van der Waals surface area contributed by atoms with E-state index in [1.807, 2.05) is 41.5 Å². The number of hydrogen-bond acceptors (Lipinski definition) is 3. The van der Waals surface area contributed by atoms with Crippen LogP contribution in [-0.4, -0.2) is 54.6 Å². The lowest BCUT2D eigenvalue weighted by Crippen LogP contribution is -2.50. The van der Waals surface area contributed by atoms with Gasteiger partial charge in [-0.15, -0.1) is 0 Å². The third kappa shape index (κ3) is 7.33. The van der Waals surface area contributed by atoms with Crippen LogP contribution in [0.25, 0.3) is 0 Å². The van der Waals surface area contributed by atoms with E-state index in [2.05, 4.69) is 10.1 Å². The van der Waals surface area contributed by atoms with E-state index in [0.717, 1.165) is 17.9 Å². The molecule has 10 heteroatoms. The van der Waals surface area contributed by atoms with Gasteiger partial charge in [0.1, 0.15) is 0 Å². The van der Waals surface area contributed by atoms with Crippen LogP contribution in [0.2, 0.25) is 0 Å². The minimum Gasteiger partial charge on any atom is -0.426 e. The van der Waals surface area contributed by atoms with Crippen molar-refractivity contribution in [1.82, 2.24) is 10.2 Å². The van der Waals surface area contributed by atoms with E-state index < -0.39 is 24.5 Å². The molecule has 0 unspecified atom stereocenters. The van der Waals surface area contributed by atoms with Crippen molar-refractivity contribution in [3.63, 3.8) is 0 Å². The van der Waals surface area contributed by atoms with Gasteiger partial charge in [0, 0.05) is 25.2 Å². The molecule has 1 amide bonds. The summed E-state index contributed by atoms with van der Waals surface area (Å²) in [6.45, 7) is 12.9. The highest BCUT2D eigenvalue weighted by molar-refractivity contribution is 5.68. The fraction of sp³-hybridized carbons (Fsp3) is 0.944. The number of likely N-dealkylation sites (tertiary alicyclic amines) is 1. The Labute approximate surface area is 163 Å². The molecule has 0 saturated carbocycles. The van der Waals surface area contributed by atoms with E-state index in [0.29, 0.717) is 12.8 Å². The Morgan fingerprint density at radius 1 is 0.964 bits per heavy atom. The molecule has 0 atom stereocenters. The summed E-state index contributed by atoms with van der Waals surface area (Å²) in [5.74, 6) is 0. The average molecular weight is 422 g/mol. The van der Waals surface area contributed by atoms with E-state index in [-0.39, 0.29) is 24.0 Å². The highest BCUT2D eigenvalue weighted by Gasteiger charge is 2.60. The number of nitrogens with one attached hydrogen (secondary N) is 1. The predicted molar refractivity (Wildman–Crippen MR) is 95.0 cm³/mol. The van der Waals surface area contributed by atoms with Gasteiger partial charge in [0.25, 0.3) is 6.10 Å². The molecule has 0 bridgehead atoms. The van der Waals surface area contributed by atoms with E-state index in [1.54, 1.807) is 0 Å². The van der Waals surface area contributed by atoms with Crippen LogP contribution in [0.15, 0.2) is 0 Å². The number of piperidine rings is 1. The predicted octanol–water partition coefficient (Wildman–Crippen LogP) is 5.52. The maximum atomic E-state index is 12.4. The largest absolute Gasteiger partial charge is 0.434 e. The minimum atomic E-state index is -5.69. The second kappa shape index (κ2) is 10.0. The lowest BCUT2D eigenvalue weighted by atomic mass is 9.74. The molecule has 2 rings (SSSR count). The van der Waals surface area contributed by atoms with Crippen molar-refractivity contribution in [2.75, 3.05) is 19.6 Å².